The van der Waals surface area contributed by atoms with Crippen molar-refractivity contribution < 1.29 is 17.6 Å². The predicted octanol–water partition coefficient (Wildman–Crippen LogP) is 1.43. The van der Waals surface area contributed by atoms with Gasteiger partial charge in [0.25, 0.3) is 10.0 Å². The van der Waals surface area contributed by atoms with Crippen LogP contribution in [0.5, 0.6) is 0 Å². The highest BCUT2D eigenvalue weighted by atomic mass is 32.2. The molecule has 0 saturated carbocycles. The van der Waals surface area contributed by atoms with Gasteiger partial charge in [-0.2, -0.15) is 0 Å². The summed E-state index contributed by atoms with van der Waals surface area (Å²) in [5, 5.41) is 0. The average molecular weight is 274 g/mol. The zero-order valence-electron chi connectivity index (χ0n) is 10.0. The third kappa shape index (κ3) is 2.33. The summed E-state index contributed by atoms with van der Waals surface area (Å²) in [6, 6.07) is 2.25. The molecule has 1 aliphatic heterocycles. The van der Waals surface area contributed by atoms with Crippen LogP contribution < -0.4 is 5.73 Å². The Kier molecular flexibility index (Phi) is 3.56. The van der Waals surface area contributed by atoms with E-state index in [0.717, 1.165) is 29.4 Å². The number of benzene rings is 1. The van der Waals surface area contributed by atoms with Gasteiger partial charge in [0.2, 0.25) is 0 Å². The number of nitrogen functional groups attached to an aromatic ring is 1. The van der Waals surface area contributed by atoms with Crippen molar-refractivity contribution in [1.82, 2.24) is 4.47 Å². The largest absolute Gasteiger partial charge is 0.396 e. The molecule has 0 unspecified atom stereocenters. The zero-order chi connectivity index (χ0) is 13.3. The van der Waals surface area contributed by atoms with Crippen molar-refractivity contribution >= 4 is 15.7 Å². The first kappa shape index (κ1) is 13.3. The minimum atomic E-state index is -3.77. The first-order valence-electron chi connectivity index (χ1n) is 5.64. The molecular weight excluding hydrogens is 259 g/mol. The molecule has 2 rings (SSSR count). The van der Waals surface area contributed by atoms with Gasteiger partial charge in [-0.1, -0.05) is 4.47 Å². The number of rotatable bonds is 2. The van der Waals surface area contributed by atoms with Crippen LogP contribution in [-0.4, -0.2) is 26.0 Å². The molecule has 0 spiro atoms. The number of nitrogens with two attached hydrogens (primary N) is 1. The summed E-state index contributed by atoms with van der Waals surface area (Å²) >= 11 is 0. The summed E-state index contributed by atoms with van der Waals surface area (Å²) in [6.07, 6.45) is 1.57. The van der Waals surface area contributed by atoms with Gasteiger partial charge in [0.1, 0.15) is 5.82 Å². The Labute approximate surface area is 105 Å². The SMILES string of the molecule is Cc1cc(F)c(N)cc1S(=O)(=O)N1CCCCO1. The molecule has 0 atom stereocenters. The fraction of sp³-hybridized carbons (Fsp3) is 0.455. The van der Waals surface area contributed by atoms with Crippen LogP contribution in [0.25, 0.3) is 0 Å². The lowest BCUT2D eigenvalue weighted by atomic mass is 10.2. The van der Waals surface area contributed by atoms with Crippen molar-refractivity contribution in [2.45, 2.75) is 24.7 Å². The summed E-state index contributed by atoms with van der Waals surface area (Å²) in [7, 11) is -3.77. The number of hydrogen-bond donors (Lipinski definition) is 1. The van der Waals surface area contributed by atoms with E-state index in [4.69, 9.17) is 10.6 Å². The Balaban J connectivity index is 2.43. The molecule has 1 saturated heterocycles. The van der Waals surface area contributed by atoms with Crippen LogP contribution in [0.15, 0.2) is 17.0 Å². The van der Waals surface area contributed by atoms with Crippen LogP contribution in [0, 0.1) is 12.7 Å². The van der Waals surface area contributed by atoms with Gasteiger partial charge in [-0.25, -0.2) is 12.8 Å². The number of hydrogen-bond acceptors (Lipinski definition) is 4. The lowest BCUT2D eigenvalue weighted by Crippen LogP contribution is -2.36. The summed E-state index contributed by atoms with van der Waals surface area (Å²) in [4.78, 5) is 5.12. The molecule has 0 bridgehead atoms. The molecule has 0 aromatic heterocycles. The molecule has 1 fully saturated rings. The maximum atomic E-state index is 13.2. The minimum Gasteiger partial charge on any atom is -0.396 e. The quantitative estimate of drug-likeness (QED) is 0.828. The van der Waals surface area contributed by atoms with Crippen molar-refractivity contribution in [3.8, 4) is 0 Å². The van der Waals surface area contributed by atoms with Crippen molar-refractivity contribution in [2.75, 3.05) is 18.9 Å². The Morgan fingerprint density at radius 1 is 1.39 bits per heavy atom. The smallest absolute Gasteiger partial charge is 0.265 e. The molecule has 1 aromatic carbocycles. The number of anilines is 1. The number of nitrogens with zero attached hydrogens (tertiary/aromatic N) is 1. The highest BCUT2D eigenvalue weighted by molar-refractivity contribution is 7.89. The normalized spacial score (nSPS) is 17.9. The lowest BCUT2D eigenvalue weighted by molar-refractivity contribution is -0.108. The van der Waals surface area contributed by atoms with Crippen LogP contribution in [0.2, 0.25) is 0 Å². The summed E-state index contributed by atoms with van der Waals surface area (Å²) in [6.45, 7) is 2.20. The van der Waals surface area contributed by atoms with Crippen LogP contribution >= 0.6 is 0 Å². The molecule has 100 valence electrons. The van der Waals surface area contributed by atoms with Gasteiger partial charge in [0, 0.05) is 6.54 Å². The molecule has 0 radical (unpaired) electrons. The third-order valence-electron chi connectivity index (χ3n) is 2.81. The summed E-state index contributed by atoms with van der Waals surface area (Å²) in [5.74, 6) is -0.619. The summed E-state index contributed by atoms with van der Waals surface area (Å²) in [5.41, 5.74) is 5.55. The average Bonchev–Trinajstić information content (AvgIpc) is 2.34. The van der Waals surface area contributed by atoms with Crippen LogP contribution in [0.3, 0.4) is 0 Å². The maximum absolute atomic E-state index is 13.2. The second-order valence-corrected chi connectivity index (χ2v) is 6.01. The Morgan fingerprint density at radius 2 is 2.11 bits per heavy atom. The monoisotopic (exact) mass is 274 g/mol. The Bertz CT molecular complexity index is 554. The molecule has 2 N–H and O–H groups in total. The molecule has 0 amide bonds. The molecule has 0 aliphatic carbocycles. The van der Waals surface area contributed by atoms with E-state index in [1.807, 2.05) is 0 Å². The minimum absolute atomic E-state index is 0.0108. The Hall–Kier alpha value is -1.18. The molecule has 1 heterocycles. The van der Waals surface area contributed by atoms with Gasteiger partial charge in [0.05, 0.1) is 17.2 Å². The van der Waals surface area contributed by atoms with Crippen molar-refractivity contribution in [1.29, 1.82) is 0 Å². The first-order valence-corrected chi connectivity index (χ1v) is 7.08. The van der Waals surface area contributed by atoms with Gasteiger partial charge >= 0.3 is 0 Å². The van der Waals surface area contributed by atoms with Gasteiger partial charge in [-0.05, 0) is 37.5 Å². The van der Waals surface area contributed by atoms with Gasteiger partial charge in [0.15, 0.2) is 0 Å². The predicted molar refractivity (Wildman–Crippen MR) is 64.6 cm³/mol. The molecule has 7 heteroatoms. The van der Waals surface area contributed by atoms with E-state index in [9.17, 15) is 12.8 Å². The molecule has 1 aromatic rings. The molecule has 1 aliphatic rings. The number of hydroxylamine groups is 1. The Morgan fingerprint density at radius 3 is 2.72 bits per heavy atom. The van der Waals surface area contributed by atoms with Gasteiger partial charge in [-0.3, -0.25) is 4.84 Å². The zero-order valence-corrected chi connectivity index (χ0v) is 10.8. The summed E-state index contributed by atoms with van der Waals surface area (Å²) < 4.78 is 38.8. The maximum Gasteiger partial charge on any atom is 0.265 e. The van der Waals surface area contributed by atoms with Gasteiger partial charge in [-0.15, -0.1) is 0 Å². The molecule has 5 nitrogen and oxygen atoms in total. The van der Waals surface area contributed by atoms with E-state index in [1.165, 1.54) is 6.92 Å². The second-order valence-electron chi connectivity index (χ2n) is 4.21. The number of aryl methyl sites for hydroxylation is 1. The van der Waals surface area contributed by atoms with E-state index >= 15 is 0 Å². The van der Waals surface area contributed by atoms with Crippen LogP contribution in [0.4, 0.5) is 10.1 Å². The first-order chi connectivity index (χ1) is 8.43. The fourth-order valence-electron chi connectivity index (χ4n) is 1.82. The van der Waals surface area contributed by atoms with E-state index in [-0.39, 0.29) is 10.6 Å². The molecule has 18 heavy (non-hydrogen) atoms. The molecular formula is C11H15FN2O3S. The highest BCUT2D eigenvalue weighted by Gasteiger charge is 2.29. The second kappa shape index (κ2) is 4.83. The lowest BCUT2D eigenvalue weighted by Gasteiger charge is -2.26. The van der Waals surface area contributed by atoms with E-state index in [2.05, 4.69) is 0 Å². The van der Waals surface area contributed by atoms with Crippen molar-refractivity contribution in [2.24, 2.45) is 0 Å². The van der Waals surface area contributed by atoms with Gasteiger partial charge < -0.3 is 5.73 Å². The highest BCUT2D eigenvalue weighted by Crippen LogP contribution is 2.26. The van der Waals surface area contributed by atoms with E-state index in [0.29, 0.717) is 18.7 Å². The van der Waals surface area contributed by atoms with E-state index in [1.54, 1.807) is 0 Å². The van der Waals surface area contributed by atoms with Crippen molar-refractivity contribution in [3.63, 3.8) is 0 Å². The van der Waals surface area contributed by atoms with Crippen molar-refractivity contribution in [3.05, 3.63) is 23.5 Å². The topological polar surface area (TPSA) is 72.6 Å². The van der Waals surface area contributed by atoms with Crippen LogP contribution in [-0.2, 0) is 14.9 Å². The van der Waals surface area contributed by atoms with Crippen LogP contribution in [0.1, 0.15) is 18.4 Å². The standard InChI is InChI=1S/C11H15FN2O3S/c1-8-6-9(12)10(13)7-11(8)18(15,16)14-4-2-3-5-17-14/h6-7H,2-5,13H2,1H3. The number of sulfonamides is 1. The number of halogens is 1. The third-order valence-corrected chi connectivity index (χ3v) is 4.63. The fourth-order valence-corrected chi connectivity index (χ4v) is 3.36. The van der Waals surface area contributed by atoms with E-state index < -0.39 is 15.8 Å².